The Balaban J connectivity index is 2.05. The molecule has 2 N–H and O–H groups in total. The van der Waals surface area contributed by atoms with Crippen LogP contribution in [0.15, 0.2) is 41.5 Å². The molecule has 1 amide bonds. The number of rotatable bonds is 8. The number of benzene rings is 2. The molecular weight excluding hydrogens is 352 g/mol. The van der Waals surface area contributed by atoms with Gasteiger partial charge in [-0.05, 0) is 24.6 Å². The molecule has 0 bridgehead atoms. The van der Waals surface area contributed by atoms with E-state index in [1.807, 2.05) is 31.2 Å². The number of amides is 1. The average molecular weight is 372 g/mol. The number of para-hydroxylation sites is 1. The van der Waals surface area contributed by atoms with E-state index in [0.717, 1.165) is 11.3 Å². The molecule has 2 aromatic rings. The van der Waals surface area contributed by atoms with E-state index in [9.17, 15) is 14.9 Å². The minimum atomic E-state index is -0.565. The number of anilines is 1. The van der Waals surface area contributed by atoms with Gasteiger partial charge in [-0.3, -0.25) is 14.9 Å². The highest BCUT2D eigenvalue weighted by Crippen LogP contribution is 2.33. The van der Waals surface area contributed by atoms with Gasteiger partial charge in [0.15, 0.2) is 11.5 Å². The number of methoxy groups -OCH3 is 2. The van der Waals surface area contributed by atoms with E-state index in [1.165, 1.54) is 32.6 Å². The summed E-state index contributed by atoms with van der Waals surface area (Å²) in [6.07, 6.45) is 1.19. The first-order valence-electron chi connectivity index (χ1n) is 7.98. The summed E-state index contributed by atoms with van der Waals surface area (Å²) < 4.78 is 10.2. The number of nitrogens with one attached hydrogen (secondary N) is 2. The van der Waals surface area contributed by atoms with Crippen LogP contribution in [0.4, 0.5) is 11.4 Å². The largest absolute Gasteiger partial charge is 0.493 e. The van der Waals surface area contributed by atoms with Crippen molar-refractivity contribution in [3.63, 3.8) is 0 Å². The summed E-state index contributed by atoms with van der Waals surface area (Å²) in [5.41, 5.74) is 4.13. The molecular formula is C18H20N4O5. The van der Waals surface area contributed by atoms with Crippen molar-refractivity contribution in [2.75, 3.05) is 26.1 Å². The fourth-order valence-electron chi connectivity index (χ4n) is 2.31. The first-order chi connectivity index (χ1) is 13.0. The van der Waals surface area contributed by atoms with Crippen molar-refractivity contribution in [3.8, 4) is 11.5 Å². The van der Waals surface area contributed by atoms with Gasteiger partial charge in [-0.25, -0.2) is 5.43 Å². The van der Waals surface area contributed by atoms with Crippen LogP contribution in [0.1, 0.15) is 11.1 Å². The molecule has 0 fully saturated rings. The Morgan fingerprint density at radius 3 is 2.52 bits per heavy atom. The van der Waals surface area contributed by atoms with Crippen molar-refractivity contribution in [2.24, 2.45) is 5.10 Å². The summed E-state index contributed by atoms with van der Waals surface area (Å²) in [6, 6.07) is 10.2. The van der Waals surface area contributed by atoms with E-state index >= 15 is 0 Å². The molecule has 0 saturated carbocycles. The number of nitro benzene ring substituents is 1. The molecule has 0 radical (unpaired) electrons. The molecule has 2 aromatic carbocycles. The lowest BCUT2D eigenvalue weighted by Crippen LogP contribution is -2.26. The van der Waals surface area contributed by atoms with Crippen LogP contribution in [0, 0.1) is 17.0 Å². The lowest BCUT2D eigenvalue weighted by atomic mass is 10.1. The predicted octanol–water partition coefficient (Wildman–Crippen LogP) is 2.48. The lowest BCUT2D eigenvalue weighted by Gasteiger charge is -2.09. The highest BCUT2D eigenvalue weighted by Gasteiger charge is 2.18. The summed E-state index contributed by atoms with van der Waals surface area (Å²) in [7, 11) is 2.81. The Morgan fingerprint density at radius 1 is 1.22 bits per heavy atom. The molecule has 27 heavy (non-hydrogen) atoms. The number of nitrogens with zero attached hydrogens (tertiary/aromatic N) is 2. The van der Waals surface area contributed by atoms with Crippen molar-refractivity contribution >= 4 is 23.5 Å². The van der Waals surface area contributed by atoms with Gasteiger partial charge in [0, 0.05) is 5.69 Å². The second-order valence-electron chi connectivity index (χ2n) is 5.48. The number of aryl methyl sites for hydroxylation is 1. The quantitative estimate of drug-likeness (QED) is 0.418. The maximum absolute atomic E-state index is 11.9. The second-order valence-corrected chi connectivity index (χ2v) is 5.48. The molecule has 0 atom stereocenters. The Morgan fingerprint density at radius 2 is 1.89 bits per heavy atom. The Labute approximate surface area is 156 Å². The van der Waals surface area contributed by atoms with Gasteiger partial charge in [0.2, 0.25) is 0 Å². The maximum atomic E-state index is 11.9. The molecule has 0 heterocycles. The van der Waals surface area contributed by atoms with Crippen LogP contribution < -0.4 is 20.2 Å². The highest BCUT2D eigenvalue weighted by atomic mass is 16.6. The van der Waals surface area contributed by atoms with Crippen LogP contribution in [-0.2, 0) is 4.79 Å². The van der Waals surface area contributed by atoms with Gasteiger partial charge < -0.3 is 14.8 Å². The second kappa shape index (κ2) is 9.18. The third kappa shape index (κ3) is 5.18. The van der Waals surface area contributed by atoms with Crippen LogP contribution in [0.3, 0.4) is 0 Å². The maximum Gasteiger partial charge on any atom is 0.282 e. The van der Waals surface area contributed by atoms with Crippen molar-refractivity contribution in [2.45, 2.75) is 6.92 Å². The first kappa shape index (κ1) is 19.7. The number of hydrogen-bond donors (Lipinski definition) is 2. The predicted molar refractivity (Wildman–Crippen MR) is 102 cm³/mol. The van der Waals surface area contributed by atoms with Crippen molar-refractivity contribution in [1.82, 2.24) is 5.43 Å². The van der Waals surface area contributed by atoms with E-state index in [-0.39, 0.29) is 23.5 Å². The van der Waals surface area contributed by atoms with Gasteiger partial charge in [0.1, 0.15) is 0 Å². The minimum Gasteiger partial charge on any atom is -0.493 e. The van der Waals surface area contributed by atoms with Crippen molar-refractivity contribution in [3.05, 3.63) is 57.6 Å². The average Bonchev–Trinajstić information content (AvgIpc) is 2.66. The Bertz CT molecular complexity index is 867. The van der Waals surface area contributed by atoms with Crippen LogP contribution in [0.5, 0.6) is 11.5 Å². The molecule has 0 unspecified atom stereocenters. The lowest BCUT2D eigenvalue weighted by molar-refractivity contribution is -0.385. The SMILES string of the molecule is COc1cc(/C=N/NC(=O)CNc2ccccc2C)c([N+](=O)[O-])cc1OC. The number of hydrazone groups is 1. The summed E-state index contributed by atoms with van der Waals surface area (Å²) in [5, 5.41) is 18.0. The molecule has 142 valence electrons. The summed E-state index contributed by atoms with van der Waals surface area (Å²) in [4.78, 5) is 22.6. The number of nitro groups is 1. The van der Waals surface area contributed by atoms with Crippen LogP contribution in [-0.4, -0.2) is 37.8 Å². The zero-order valence-corrected chi connectivity index (χ0v) is 15.2. The zero-order valence-electron chi connectivity index (χ0n) is 15.2. The van der Waals surface area contributed by atoms with Gasteiger partial charge in [-0.15, -0.1) is 0 Å². The normalized spacial score (nSPS) is 10.5. The molecule has 2 rings (SSSR count). The summed E-state index contributed by atoms with van der Waals surface area (Å²) >= 11 is 0. The number of carbonyl (C=O) groups is 1. The fourth-order valence-corrected chi connectivity index (χ4v) is 2.31. The van der Waals surface area contributed by atoms with Crippen LogP contribution in [0.2, 0.25) is 0 Å². The topological polar surface area (TPSA) is 115 Å². The number of ether oxygens (including phenoxy) is 2. The van der Waals surface area contributed by atoms with E-state index in [0.29, 0.717) is 5.75 Å². The van der Waals surface area contributed by atoms with Crippen LogP contribution in [0.25, 0.3) is 0 Å². The summed E-state index contributed by atoms with van der Waals surface area (Å²) in [6.45, 7) is 1.94. The molecule has 0 aliphatic heterocycles. The monoisotopic (exact) mass is 372 g/mol. The van der Waals surface area contributed by atoms with Gasteiger partial charge >= 0.3 is 0 Å². The number of hydrogen-bond acceptors (Lipinski definition) is 7. The van der Waals surface area contributed by atoms with Crippen LogP contribution >= 0.6 is 0 Å². The standard InChI is InChI=1S/C18H20N4O5/c1-12-6-4-5-7-14(12)19-11-18(23)21-20-10-13-8-16(26-2)17(27-3)9-15(13)22(24)25/h4-10,19H,11H2,1-3H3,(H,21,23)/b20-10+. The van der Waals surface area contributed by atoms with Gasteiger partial charge in [0.25, 0.3) is 11.6 Å². The minimum absolute atomic E-state index is 0.0101. The highest BCUT2D eigenvalue weighted by molar-refractivity contribution is 5.88. The van der Waals surface area contributed by atoms with E-state index < -0.39 is 10.8 Å². The third-order valence-electron chi connectivity index (χ3n) is 3.71. The number of carbonyl (C=O) groups excluding carboxylic acids is 1. The molecule has 0 spiro atoms. The van der Waals surface area contributed by atoms with E-state index in [2.05, 4.69) is 15.8 Å². The molecule has 0 aromatic heterocycles. The fraction of sp³-hybridized carbons (Fsp3) is 0.222. The molecule has 9 nitrogen and oxygen atoms in total. The third-order valence-corrected chi connectivity index (χ3v) is 3.71. The van der Waals surface area contributed by atoms with Gasteiger partial charge in [0.05, 0.1) is 43.5 Å². The van der Waals surface area contributed by atoms with Gasteiger partial charge in [-0.2, -0.15) is 5.10 Å². The molecule has 0 aliphatic rings. The van der Waals surface area contributed by atoms with Crippen molar-refractivity contribution in [1.29, 1.82) is 0 Å². The molecule has 0 aliphatic carbocycles. The molecule has 0 saturated heterocycles. The first-order valence-corrected chi connectivity index (χ1v) is 7.98. The smallest absolute Gasteiger partial charge is 0.282 e. The van der Waals surface area contributed by atoms with Crippen molar-refractivity contribution < 1.29 is 19.2 Å². The van der Waals surface area contributed by atoms with E-state index in [1.54, 1.807) is 0 Å². The summed E-state index contributed by atoms with van der Waals surface area (Å²) in [5.74, 6) is 0.155. The van der Waals surface area contributed by atoms with E-state index in [4.69, 9.17) is 9.47 Å². The zero-order chi connectivity index (χ0) is 19.8. The Kier molecular flexibility index (Phi) is 6.70. The Hall–Kier alpha value is -3.62. The molecule has 9 heteroatoms. The van der Waals surface area contributed by atoms with Gasteiger partial charge in [-0.1, -0.05) is 18.2 Å².